The average Bonchev–Trinajstić information content (AvgIpc) is 2.78. The average molecular weight is 333 g/mol. The number of hydrogen-bond donors (Lipinski definition) is 2. The molecule has 0 unspecified atom stereocenters. The van der Waals surface area contributed by atoms with E-state index in [4.69, 9.17) is 0 Å². The van der Waals surface area contributed by atoms with Gasteiger partial charge in [0.05, 0.1) is 5.69 Å². The summed E-state index contributed by atoms with van der Waals surface area (Å²) in [6.45, 7) is 1.52. The molecule has 1 heterocycles. The van der Waals surface area contributed by atoms with Gasteiger partial charge in [-0.2, -0.15) is 0 Å². The van der Waals surface area contributed by atoms with Crippen LogP contribution in [0.2, 0.25) is 0 Å². The number of halogens is 1. The summed E-state index contributed by atoms with van der Waals surface area (Å²) in [4.78, 5) is 38.0. The Hall–Kier alpha value is -2.44. The minimum atomic E-state index is -0.895. The molecule has 4 amide bonds. The Morgan fingerprint density at radius 2 is 2.12 bits per heavy atom. The van der Waals surface area contributed by atoms with Gasteiger partial charge in [-0.3, -0.25) is 14.5 Å². The maximum atomic E-state index is 13.6. The second kappa shape index (κ2) is 6.22. The van der Waals surface area contributed by atoms with Gasteiger partial charge in [-0.15, -0.1) is 0 Å². The topological polar surface area (TPSA) is 78.5 Å². The number of rotatable bonds is 3. The van der Waals surface area contributed by atoms with Gasteiger partial charge >= 0.3 is 6.03 Å². The molecule has 24 heavy (non-hydrogen) atoms. The van der Waals surface area contributed by atoms with Gasteiger partial charge in [-0.05, 0) is 30.9 Å². The smallest absolute Gasteiger partial charge is 0.323 e. The third kappa shape index (κ3) is 2.74. The third-order valence-electron chi connectivity index (χ3n) is 4.95. The minimum Gasteiger partial charge on any atom is -0.323 e. The summed E-state index contributed by atoms with van der Waals surface area (Å²) in [7, 11) is 0. The maximum absolute atomic E-state index is 13.6. The molecular weight excluding hydrogens is 313 g/mol. The predicted octanol–water partition coefficient (Wildman–Crippen LogP) is 2.26. The second-order valence-corrected chi connectivity index (χ2v) is 6.47. The zero-order valence-electron chi connectivity index (χ0n) is 13.5. The monoisotopic (exact) mass is 333 g/mol. The highest BCUT2D eigenvalue weighted by Gasteiger charge is 2.55. The molecule has 0 bridgehead atoms. The minimum absolute atomic E-state index is 0.0234. The first-order chi connectivity index (χ1) is 11.4. The highest BCUT2D eigenvalue weighted by Crippen LogP contribution is 2.38. The molecule has 7 heteroatoms. The number of hydrogen-bond acceptors (Lipinski definition) is 3. The molecule has 1 saturated heterocycles. The van der Waals surface area contributed by atoms with Crippen molar-refractivity contribution >= 4 is 23.5 Å². The van der Waals surface area contributed by atoms with Crippen molar-refractivity contribution in [1.29, 1.82) is 0 Å². The summed E-state index contributed by atoms with van der Waals surface area (Å²) in [5, 5.41) is 5.18. The van der Waals surface area contributed by atoms with Crippen LogP contribution in [-0.4, -0.2) is 34.8 Å². The Morgan fingerprint density at radius 1 is 1.38 bits per heavy atom. The fourth-order valence-corrected chi connectivity index (χ4v) is 3.53. The van der Waals surface area contributed by atoms with E-state index in [1.54, 1.807) is 6.07 Å². The Balaban J connectivity index is 1.71. The number of imide groups is 1. The van der Waals surface area contributed by atoms with Crippen molar-refractivity contribution in [2.45, 2.75) is 38.1 Å². The van der Waals surface area contributed by atoms with Gasteiger partial charge in [0.25, 0.3) is 5.91 Å². The van der Waals surface area contributed by atoms with Crippen LogP contribution in [0.15, 0.2) is 24.3 Å². The molecule has 2 N–H and O–H groups in total. The van der Waals surface area contributed by atoms with Crippen molar-refractivity contribution in [2.24, 2.45) is 5.92 Å². The van der Waals surface area contributed by atoms with E-state index in [0.717, 1.165) is 24.2 Å². The zero-order valence-corrected chi connectivity index (χ0v) is 13.5. The number of urea groups is 1. The van der Waals surface area contributed by atoms with Gasteiger partial charge < -0.3 is 10.6 Å². The van der Waals surface area contributed by atoms with E-state index in [-0.39, 0.29) is 17.5 Å². The molecule has 2 aliphatic rings. The van der Waals surface area contributed by atoms with Crippen molar-refractivity contribution in [3.63, 3.8) is 0 Å². The molecule has 128 valence electrons. The highest BCUT2D eigenvalue weighted by atomic mass is 19.1. The summed E-state index contributed by atoms with van der Waals surface area (Å²) in [6.07, 6.45) is 3.34. The third-order valence-corrected chi connectivity index (χ3v) is 4.95. The molecule has 1 aliphatic carbocycles. The van der Waals surface area contributed by atoms with E-state index in [0.29, 0.717) is 6.42 Å². The van der Waals surface area contributed by atoms with Crippen LogP contribution in [0, 0.1) is 11.7 Å². The van der Waals surface area contributed by atoms with Crippen LogP contribution in [0.3, 0.4) is 0 Å². The number of nitrogens with one attached hydrogen (secondary N) is 2. The van der Waals surface area contributed by atoms with Gasteiger partial charge in [-0.1, -0.05) is 31.9 Å². The quantitative estimate of drug-likeness (QED) is 0.833. The van der Waals surface area contributed by atoms with Crippen molar-refractivity contribution in [3.8, 4) is 0 Å². The van der Waals surface area contributed by atoms with Crippen LogP contribution in [0.4, 0.5) is 14.9 Å². The molecule has 2 fully saturated rings. The standard InChI is InChI=1S/C17H20FN3O3/c1-11-6-4-5-9-17(11)15(23)21(16(24)20-17)10-14(22)19-13-8-3-2-7-12(13)18/h2-3,7-8,11H,4-6,9-10H2,1H3,(H,19,22)(H,20,24)/t11-,17-/m0/s1. The first-order valence-electron chi connectivity index (χ1n) is 8.12. The highest BCUT2D eigenvalue weighted by molar-refractivity contribution is 6.10. The lowest BCUT2D eigenvalue weighted by atomic mass is 9.73. The number of para-hydroxylation sites is 1. The molecule has 0 radical (unpaired) electrons. The number of benzene rings is 1. The second-order valence-electron chi connectivity index (χ2n) is 6.47. The Kier molecular flexibility index (Phi) is 4.26. The molecule has 1 spiro atoms. The van der Waals surface area contributed by atoms with Crippen LogP contribution in [-0.2, 0) is 9.59 Å². The predicted molar refractivity (Wildman–Crippen MR) is 85.6 cm³/mol. The summed E-state index contributed by atoms with van der Waals surface area (Å²) in [5.41, 5.74) is -0.872. The molecule has 1 aliphatic heterocycles. The Bertz CT molecular complexity index is 693. The number of amides is 4. The molecular formula is C17H20FN3O3. The largest absolute Gasteiger partial charge is 0.325 e. The van der Waals surface area contributed by atoms with E-state index in [2.05, 4.69) is 10.6 Å². The zero-order chi connectivity index (χ0) is 17.3. The van der Waals surface area contributed by atoms with Crippen molar-refractivity contribution in [2.75, 3.05) is 11.9 Å². The van der Waals surface area contributed by atoms with E-state index in [1.165, 1.54) is 18.2 Å². The first kappa shape index (κ1) is 16.4. The number of nitrogens with zero attached hydrogens (tertiary/aromatic N) is 1. The van der Waals surface area contributed by atoms with Crippen LogP contribution < -0.4 is 10.6 Å². The summed E-state index contributed by atoms with van der Waals surface area (Å²) in [6, 6.07) is 5.19. The molecule has 1 aromatic carbocycles. The number of carbonyl (C=O) groups is 3. The van der Waals surface area contributed by atoms with Crippen molar-refractivity contribution < 1.29 is 18.8 Å². The molecule has 3 rings (SSSR count). The fraction of sp³-hybridized carbons (Fsp3) is 0.471. The summed E-state index contributed by atoms with van der Waals surface area (Å²) < 4.78 is 13.6. The lowest BCUT2D eigenvalue weighted by Gasteiger charge is -2.36. The van der Waals surface area contributed by atoms with Crippen LogP contribution >= 0.6 is 0 Å². The molecule has 1 aromatic rings. The van der Waals surface area contributed by atoms with E-state index in [1.807, 2.05) is 6.92 Å². The lowest BCUT2D eigenvalue weighted by molar-refractivity contribution is -0.136. The van der Waals surface area contributed by atoms with Crippen molar-refractivity contribution in [3.05, 3.63) is 30.1 Å². The van der Waals surface area contributed by atoms with Crippen LogP contribution in [0.5, 0.6) is 0 Å². The maximum Gasteiger partial charge on any atom is 0.325 e. The number of anilines is 1. The summed E-state index contributed by atoms with van der Waals surface area (Å²) >= 11 is 0. The van der Waals surface area contributed by atoms with E-state index >= 15 is 0 Å². The molecule has 2 atom stereocenters. The van der Waals surface area contributed by atoms with Gasteiger partial charge in [-0.25, -0.2) is 9.18 Å². The van der Waals surface area contributed by atoms with E-state index < -0.39 is 29.8 Å². The Morgan fingerprint density at radius 3 is 2.83 bits per heavy atom. The SMILES string of the molecule is C[C@H]1CCCC[C@]12NC(=O)N(CC(=O)Nc1ccccc1F)C2=O. The summed E-state index contributed by atoms with van der Waals surface area (Å²) in [5.74, 6) is -1.50. The normalized spacial score (nSPS) is 26.6. The van der Waals surface area contributed by atoms with Gasteiger partial charge in [0.2, 0.25) is 5.91 Å². The van der Waals surface area contributed by atoms with Gasteiger partial charge in [0.15, 0.2) is 0 Å². The molecule has 1 saturated carbocycles. The lowest BCUT2D eigenvalue weighted by Crippen LogP contribution is -2.54. The molecule has 6 nitrogen and oxygen atoms in total. The first-order valence-corrected chi connectivity index (χ1v) is 8.12. The van der Waals surface area contributed by atoms with Crippen LogP contribution in [0.1, 0.15) is 32.6 Å². The van der Waals surface area contributed by atoms with E-state index in [9.17, 15) is 18.8 Å². The van der Waals surface area contributed by atoms with Gasteiger partial charge in [0, 0.05) is 0 Å². The molecule has 0 aromatic heterocycles. The van der Waals surface area contributed by atoms with Crippen molar-refractivity contribution in [1.82, 2.24) is 10.2 Å². The fourth-order valence-electron chi connectivity index (χ4n) is 3.53. The van der Waals surface area contributed by atoms with Crippen LogP contribution in [0.25, 0.3) is 0 Å². The van der Waals surface area contributed by atoms with Gasteiger partial charge in [0.1, 0.15) is 17.9 Å². The Labute approximate surface area is 139 Å². The number of carbonyl (C=O) groups excluding carboxylic acids is 3.